The van der Waals surface area contributed by atoms with Crippen molar-refractivity contribution in [2.75, 3.05) is 13.1 Å². The molecule has 1 aliphatic heterocycles. The largest absolute Gasteiger partial charge is 0.481 e. The summed E-state index contributed by atoms with van der Waals surface area (Å²) in [5.41, 5.74) is 1.19. The number of hydrogen-bond donors (Lipinski definition) is 1. The Morgan fingerprint density at radius 3 is 2.67 bits per heavy atom. The molecule has 1 fully saturated rings. The molecular weight excluding hydrogens is 330 g/mol. The van der Waals surface area contributed by atoms with Gasteiger partial charge in [-0.1, -0.05) is 5.21 Å². The number of carboxylic acids is 1. The second-order valence-electron chi connectivity index (χ2n) is 6.13. The Morgan fingerprint density at radius 1 is 1.38 bits per heavy atom. The fourth-order valence-corrected chi connectivity index (χ4v) is 4.03. The van der Waals surface area contributed by atoms with Gasteiger partial charge < -0.3 is 10.0 Å². The zero-order chi connectivity index (χ0) is 17.4. The fraction of sp³-hybridized carbons (Fsp3) is 0.533. The van der Waals surface area contributed by atoms with Gasteiger partial charge in [-0.2, -0.15) is 0 Å². The molecule has 0 unspecified atom stereocenters. The lowest BCUT2D eigenvalue weighted by atomic mass is 9.91. The molecule has 2 aromatic rings. The average molecular weight is 349 g/mol. The van der Waals surface area contributed by atoms with E-state index >= 15 is 0 Å². The highest BCUT2D eigenvalue weighted by Gasteiger charge is 2.39. The van der Waals surface area contributed by atoms with Gasteiger partial charge in [0.15, 0.2) is 0 Å². The number of aliphatic carboxylic acids is 1. The minimum absolute atomic E-state index is 0.0000956. The third-order valence-corrected chi connectivity index (χ3v) is 5.16. The molecule has 2 aromatic heterocycles. The summed E-state index contributed by atoms with van der Waals surface area (Å²) in [6.45, 7) is 4.57. The zero-order valence-electron chi connectivity index (χ0n) is 13.8. The summed E-state index contributed by atoms with van der Waals surface area (Å²) in [6.07, 6.45) is 1.78. The Balaban J connectivity index is 1.84. The van der Waals surface area contributed by atoms with Gasteiger partial charge in [0.05, 0.1) is 17.1 Å². The molecule has 0 aromatic carbocycles. The number of nitrogens with zero attached hydrogens (tertiary/aromatic N) is 5. The smallest absolute Gasteiger partial charge is 0.303 e. The second-order valence-corrected chi connectivity index (χ2v) is 7.54. The number of amides is 1. The maximum absolute atomic E-state index is 12.8. The van der Waals surface area contributed by atoms with Crippen LogP contribution >= 0.6 is 11.3 Å². The third-order valence-electron chi connectivity index (χ3n) is 4.27. The van der Waals surface area contributed by atoms with Crippen molar-refractivity contribution in [3.05, 3.63) is 27.5 Å². The molecule has 1 amide bonds. The maximum atomic E-state index is 12.8. The predicted octanol–water partition coefficient (Wildman–Crippen LogP) is 1.22. The van der Waals surface area contributed by atoms with E-state index in [1.165, 1.54) is 11.3 Å². The maximum Gasteiger partial charge on any atom is 0.303 e. The van der Waals surface area contributed by atoms with Crippen LogP contribution in [0.15, 0.2) is 6.20 Å². The molecule has 128 valence electrons. The number of aryl methyl sites for hydroxylation is 3. The molecule has 8 nitrogen and oxygen atoms in total. The lowest BCUT2D eigenvalue weighted by molar-refractivity contribution is -0.138. The second kappa shape index (κ2) is 6.31. The summed E-state index contributed by atoms with van der Waals surface area (Å²) >= 11 is 1.49. The van der Waals surface area contributed by atoms with Crippen LogP contribution in [0.2, 0.25) is 0 Å². The van der Waals surface area contributed by atoms with E-state index in [-0.39, 0.29) is 24.2 Å². The average Bonchev–Trinajstić information content (AvgIpc) is 3.17. The van der Waals surface area contributed by atoms with Gasteiger partial charge >= 0.3 is 5.97 Å². The molecule has 0 saturated carbocycles. The number of aromatic nitrogens is 4. The minimum Gasteiger partial charge on any atom is -0.481 e. The minimum atomic E-state index is -0.871. The zero-order valence-corrected chi connectivity index (χ0v) is 14.6. The molecule has 1 aliphatic rings. The Morgan fingerprint density at radius 2 is 2.12 bits per heavy atom. The highest BCUT2D eigenvalue weighted by atomic mass is 32.1. The first-order chi connectivity index (χ1) is 11.3. The molecule has 0 aliphatic carbocycles. The third kappa shape index (κ3) is 3.16. The molecule has 2 atom stereocenters. The summed E-state index contributed by atoms with van der Waals surface area (Å²) in [4.78, 5) is 30.9. The molecule has 9 heteroatoms. The first kappa shape index (κ1) is 16.6. The number of likely N-dealkylation sites (tertiary alicyclic amines) is 1. The predicted molar refractivity (Wildman–Crippen MR) is 87.0 cm³/mol. The van der Waals surface area contributed by atoms with Gasteiger partial charge in [0.1, 0.15) is 5.69 Å². The molecule has 1 N–H and O–H groups in total. The van der Waals surface area contributed by atoms with Gasteiger partial charge in [0, 0.05) is 37.1 Å². The van der Waals surface area contributed by atoms with Crippen LogP contribution in [0.3, 0.4) is 0 Å². The van der Waals surface area contributed by atoms with Gasteiger partial charge in [-0.25, -0.2) is 4.98 Å². The van der Waals surface area contributed by atoms with Crippen LogP contribution in [-0.4, -0.2) is 55.0 Å². The Kier molecular flexibility index (Phi) is 4.35. The number of rotatable bonds is 4. The molecular formula is C15H19N5O3S. The summed E-state index contributed by atoms with van der Waals surface area (Å²) in [6, 6.07) is 0. The van der Waals surface area contributed by atoms with Crippen molar-refractivity contribution in [1.29, 1.82) is 0 Å². The van der Waals surface area contributed by atoms with Crippen LogP contribution in [0.1, 0.15) is 38.4 Å². The molecule has 24 heavy (non-hydrogen) atoms. The van der Waals surface area contributed by atoms with Crippen LogP contribution in [0.4, 0.5) is 0 Å². The molecule has 3 rings (SSSR count). The summed E-state index contributed by atoms with van der Waals surface area (Å²) in [5, 5.41) is 18.1. The van der Waals surface area contributed by atoms with E-state index in [2.05, 4.69) is 15.3 Å². The normalized spacial score (nSPS) is 20.5. The van der Waals surface area contributed by atoms with Crippen molar-refractivity contribution >= 4 is 23.2 Å². The van der Waals surface area contributed by atoms with Crippen molar-refractivity contribution in [3.8, 4) is 0 Å². The number of carbonyl (C=O) groups is 2. The van der Waals surface area contributed by atoms with Gasteiger partial charge in [-0.05, 0) is 19.8 Å². The molecule has 0 radical (unpaired) electrons. The molecule has 0 spiro atoms. The number of thiazole rings is 1. The van der Waals surface area contributed by atoms with Crippen LogP contribution in [0.5, 0.6) is 0 Å². The van der Waals surface area contributed by atoms with Crippen molar-refractivity contribution in [3.63, 3.8) is 0 Å². The van der Waals surface area contributed by atoms with Crippen LogP contribution in [0.25, 0.3) is 0 Å². The summed E-state index contributed by atoms with van der Waals surface area (Å²) < 4.78 is 1.59. The van der Waals surface area contributed by atoms with Crippen molar-refractivity contribution in [2.24, 2.45) is 13.0 Å². The SMILES string of the molecule is Cc1nc(C(=O)N2C[C@H](CC(=O)O)[C@H](c3cn(C)nn3)C2)c(C)s1. The van der Waals surface area contributed by atoms with E-state index in [9.17, 15) is 14.7 Å². The van der Waals surface area contributed by atoms with Crippen LogP contribution in [-0.2, 0) is 11.8 Å². The van der Waals surface area contributed by atoms with Crippen LogP contribution in [0, 0.1) is 19.8 Å². The topological polar surface area (TPSA) is 101 Å². The first-order valence-electron chi connectivity index (χ1n) is 7.66. The van der Waals surface area contributed by atoms with E-state index in [0.717, 1.165) is 15.6 Å². The van der Waals surface area contributed by atoms with E-state index in [1.54, 1.807) is 22.8 Å². The van der Waals surface area contributed by atoms with Gasteiger partial charge in [-0.3, -0.25) is 14.3 Å². The van der Waals surface area contributed by atoms with E-state index in [1.807, 2.05) is 13.8 Å². The van der Waals surface area contributed by atoms with Crippen molar-refractivity contribution < 1.29 is 14.7 Å². The van der Waals surface area contributed by atoms with E-state index < -0.39 is 5.97 Å². The standard InChI is InChI=1S/C15H19N5O3S/c1-8-14(16-9(2)24-8)15(23)20-5-10(4-13(21)22)11(6-20)12-7-19(3)18-17-12/h7,10-11H,4-6H2,1-3H3,(H,21,22)/t10-,11+/m0/s1. The Hall–Kier alpha value is -2.29. The van der Waals surface area contributed by atoms with Gasteiger partial charge in [-0.15, -0.1) is 16.4 Å². The lowest BCUT2D eigenvalue weighted by Crippen LogP contribution is -2.30. The number of hydrogen-bond acceptors (Lipinski definition) is 6. The van der Waals surface area contributed by atoms with Crippen molar-refractivity contribution in [2.45, 2.75) is 26.2 Å². The highest BCUT2D eigenvalue weighted by Crippen LogP contribution is 2.35. The molecule has 1 saturated heterocycles. The summed E-state index contributed by atoms with van der Waals surface area (Å²) in [7, 11) is 1.77. The van der Waals surface area contributed by atoms with Gasteiger partial charge in [0.2, 0.25) is 0 Å². The first-order valence-corrected chi connectivity index (χ1v) is 8.48. The number of carboxylic acid groups (broad SMARTS) is 1. The lowest BCUT2D eigenvalue weighted by Gasteiger charge is -2.15. The van der Waals surface area contributed by atoms with E-state index in [4.69, 9.17) is 0 Å². The van der Waals surface area contributed by atoms with Crippen molar-refractivity contribution in [1.82, 2.24) is 24.9 Å². The molecule has 0 bridgehead atoms. The Bertz CT molecular complexity index is 784. The monoisotopic (exact) mass is 349 g/mol. The number of carbonyl (C=O) groups excluding carboxylic acids is 1. The van der Waals surface area contributed by atoms with Crippen LogP contribution < -0.4 is 0 Å². The fourth-order valence-electron chi connectivity index (χ4n) is 3.22. The quantitative estimate of drug-likeness (QED) is 0.890. The van der Waals surface area contributed by atoms with E-state index in [0.29, 0.717) is 18.8 Å². The Labute approximate surface area is 143 Å². The van der Waals surface area contributed by atoms with Gasteiger partial charge in [0.25, 0.3) is 5.91 Å². The highest BCUT2D eigenvalue weighted by molar-refractivity contribution is 7.11. The summed E-state index contributed by atoms with van der Waals surface area (Å²) in [5.74, 6) is -1.32. The molecule has 3 heterocycles.